The Morgan fingerprint density at radius 2 is 1.83 bits per heavy atom. The number of thiazole rings is 1. The largest absolute Gasteiger partial charge is 0.481 e. The van der Waals surface area contributed by atoms with Gasteiger partial charge in [0, 0.05) is 10.9 Å². The summed E-state index contributed by atoms with van der Waals surface area (Å²) >= 11 is 1.25. The zero-order chi connectivity index (χ0) is 17.1. The van der Waals surface area contributed by atoms with E-state index < -0.39 is 17.8 Å². The molecule has 0 saturated heterocycles. The summed E-state index contributed by atoms with van der Waals surface area (Å²) in [5, 5.41) is 14.1. The first kappa shape index (κ1) is 16.3. The number of hydrogen-bond acceptors (Lipinski definition) is 4. The third kappa shape index (κ3) is 3.51. The minimum atomic E-state index is -0.967. The summed E-state index contributed by atoms with van der Waals surface area (Å²) in [6.07, 6.45) is 4.37. The number of aliphatic carboxylic acids is 1. The Bertz CT molecular complexity index is 785. The molecule has 1 heterocycles. The number of benzene rings is 1. The van der Waals surface area contributed by atoms with Crippen LogP contribution in [0.4, 0.5) is 9.52 Å². The number of anilines is 1. The number of carbonyl (C=O) groups excluding carboxylic acids is 1. The molecule has 0 unspecified atom stereocenters. The second-order valence-corrected chi connectivity index (χ2v) is 6.39. The number of carbonyl (C=O) groups is 2. The molecular formula is C17H15FN2O3S. The lowest BCUT2D eigenvalue weighted by molar-refractivity contribution is -0.146. The number of hydrogen-bond donors (Lipinski definition) is 2. The van der Waals surface area contributed by atoms with Crippen molar-refractivity contribution in [1.82, 2.24) is 4.98 Å². The van der Waals surface area contributed by atoms with Crippen molar-refractivity contribution in [2.75, 3.05) is 5.32 Å². The van der Waals surface area contributed by atoms with Gasteiger partial charge in [0.1, 0.15) is 5.82 Å². The molecule has 5 nitrogen and oxygen atoms in total. The van der Waals surface area contributed by atoms with E-state index in [1.165, 1.54) is 23.5 Å². The van der Waals surface area contributed by atoms with Gasteiger partial charge in [-0.25, -0.2) is 9.37 Å². The maximum atomic E-state index is 13.0. The summed E-state index contributed by atoms with van der Waals surface area (Å²) in [7, 11) is 0. The molecule has 0 fully saturated rings. The number of aromatic nitrogens is 1. The quantitative estimate of drug-likeness (QED) is 0.830. The van der Waals surface area contributed by atoms with Gasteiger partial charge in [0.15, 0.2) is 5.13 Å². The molecular weight excluding hydrogens is 331 g/mol. The van der Waals surface area contributed by atoms with E-state index in [1.807, 2.05) is 6.08 Å². The Hall–Kier alpha value is -2.54. The van der Waals surface area contributed by atoms with Crippen LogP contribution < -0.4 is 5.32 Å². The van der Waals surface area contributed by atoms with E-state index in [2.05, 4.69) is 10.3 Å². The lowest BCUT2D eigenvalue weighted by atomic mass is 9.82. The van der Waals surface area contributed by atoms with E-state index in [-0.39, 0.29) is 11.7 Å². The molecule has 124 valence electrons. The van der Waals surface area contributed by atoms with Gasteiger partial charge in [-0.2, -0.15) is 0 Å². The van der Waals surface area contributed by atoms with Crippen molar-refractivity contribution in [1.29, 1.82) is 0 Å². The van der Waals surface area contributed by atoms with Crippen LogP contribution >= 0.6 is 11.3 Å². The van der Waals surface area contributed by atoms with Crippen molar-refractivity contribution in [3.8, 4) is 11.3 Å². The molecule has 1 aromatic carbocycles. The number of rotatable bonds is 4. The summed E-state index contributed by atoms with van der Waals surface area (Å²) in [6, 6.07) is 5.92. The summed E-state index contributed by atoms with van der Waals surface area (Å²) in [5.74, 6) is -2.96. The molecule has 0 bridgehead atoms. The van der Waals surface area contributed by atoms with Gasteiger partial charge >= 0.3 is 5.97 Å². The molecule has 0 aliphatic heterocycles. The summed E-state index contributed by atoms with van der Waals surface area (Å²) in [4.78, 5) is 28.0. The average molecular weight is 346 g/mol. The van der Waals surface area contributed by atoms with E-state index in [0.717, 1.165) is 5.56 Å². The fourth-order valence-electron chi connectivity index (χ4n) is 2.66. The Morgan fingerprint density at radius 3 is 2.50 bits per heavy atom. The second kappa shape index (κ2) is 6.92. The van der Waals surface area contributed by atoms with Crippen LogP contribution in [0, 0.1) is 17.7 Å². The zero-order valence-electron chi connectivity index (χ0n) is 12.6. The van der Waals surface area contributed by atoms with E-state index in [0.29, 0.717) is 23.7 Å². The first-order chi connectivity index (χ1) is 11.5. The second-order valence-electron chi connectivity index (χ2n) is 5.53. The van der Waals surface area contributed by atoms with Gasteiger partial charge < -0.3 is 10.4 Å². The molecule has 1 aromatic heterocycles. The highest BCUT2D eigenvalue weighted by molar-refractivity contribution is 7.14. The Kier molecular flexibility index (Phi) is 4.71. The first-order valence-electron chi connectivity index (χ1n) is 7.44. The maximum Gasteiger partial charge on any atom is 0.307 e. The minimum absolute atomic E-state index is 0.326. The minimum Gasteiger partial charge on any atom is -0.481 e. The predicted molar refractivity (Wildman–Crippen MR) is 89.1 cm³/mol. The molecule has 1 aliphatic rings. The fourth-order valence-corrected chi connectivity index (χ4v) is 3.38. The van der Waals surface area contributed by atoms with Crippen LogP contribution in [0.15, 0.2) is 41.8 Å². The highest BCUT2D eigenvalue weighted by Crippen LogP contribution is 2.29. The maximum absolute atomic E-state index is 13.0. The van der Waals surface area contributed by atoms with Gasteiger partial charge in [0.25, 0.3) is 0 Å². The molecule has 3 rings (SSSR count). The van der Waals surface area contributed by atoms with Crippen LogP contribution in [0.3, 0.4) is 0 Å². The van der Waals surface area contributed by atoms with Gasteiger partial charge in [-0.15, -0.1) is 11.3 Å². The average Bonchev–Trinajstić information content (AvgIpc) is 3.04. The summed E-state index contributed by atoms with van der Waals surface area (Å²) in [6.45, 7) is 0. The van der Waals surface area contributed by atoms with Crippen molar-refractivity contribution in [3.63, 3.8) is 0 Å². The van der Waals surface area contributed by atoms with Crippen LogP contribution in [0.1, 0.15) is 12.8 Å². The van der Waals surface area contributed by atoms with Crippen molar-refractivity contribution in [2.24, 2.45) is 11.8 Å². The smallest absolute Gasteiger partial charge is 0.307 e. The number of nitrogens with zero attached hydrogens (tertiary/aromatic N) is 1. The standard InChI is InChI=1S/C17H15FN2O3S/c18-11-7-5-10(6-8-11)14-9-24-17(19-14)20-15(21)12-3-1-2-4-13(12)16(22)23/h1-2,5-9,12-13H,3-4H2,(H,22,23)(H,19,20,21)/t12-,13-/m0/s1. The predicted octanol–water partition coefficient (Wildman–Crippen LogP) is 3.55. The topological polar surface area (TPSA) is 79.3 Å². The molecule has 1 amide bonds. The normalized spacial score (nSPS) is 19.9. The number of amides is 1. The summed E-state index contributed by atoms with van der Waals surface area (Å²) < 4.78 is 13.0. The van der Waals surface area contributed by atoms with Gasteiger partial charge in [0.05, 0.1) is 17.5 Å². The molecule has 2 aromatic rings. The molecule has 0 spiro atoms. The number of halogens is 1. The van der Waals surface area contributed by atoms with Gasteiger partial charge in [-0.3, -0.25) is 9.59 Å². The highest BCUT2D eigenvalue weighted by Gasteiger charge is 2.34. The molecule has 0 saturated carbocycles. The van der Waals surface area contributed by atoms with Crippen molar-refractivity contribution >= 4 is 28.3 Å². The molecule has 2 N–H and O–H groups in total. The Balaban J connectivity index is 1.72. The van der Waals surface area contributed by atoms with Crippen LogP contribution in [0.2, 0.25) is 0 Å². The third-order valence-electron chi connectivity index (χ3n) is 3.96. The van der Waals surface area contributed by atoms with Gasteiger partial charge in [-0.05, 0) is 37.1 Å². The van der Waals surface area contributed by atoms with Crippen LogP contribution in [0.25, 0.3) is 11.3 Å². The summed E-state index contributed by atoms with van der Waals surface area (Å²) in [5.41, 5.74) is 1.38. The number of carboxylic acids is 1. The lowest BCUT2D eigenvalue weighted by Crippen LogP contribution is -2.34. The van der Waals surface area contributed by atoms with Crippen molar-refractivity contribution < 1.29 is 19.1 Å². The first-order valence-corrected chi connectivity index (χ1v) is 8.32. The molecule has 2 atom stereocenters. The number of carboxylic acid groups (broad SMARTS) is 1. The van der Waals surface area contributed by atoms with E-state index in [1.54, 1.807) is 23.6 Å². The zero-order valence-corrected chi connectivity index (χ0v) is 13.4. The SMILES string of the molecule is O=C(O)[C@H]1CC=CC[C@@H]1C(=O)Nc1nc(-c2ccc(F)cc2)cs1. The lowest BCUT2D eigenvalue weighted by Gasteiger charge is -2.23. The van der Waals surface area contributed by atoms with Gasteiger partial charge in [0.2, 0.25) is 5.91 Å². The van der Waals surface area contributed by atoms with Crippen molar-refractivity contribution in [3.05, 3.63) is 47.6 Å². The van der Waals surface area contributed by atoms with E-state index in [9.17, 15) is 19.1 Å². The Morgan fingerprint density at radius 1 is 1.17 bits per heavy atom. The molecule has 24 heavy (non-hydrogen) atoms. The monoisotopic (exact) mass is 346 g/mol. The van der Waals surface area contributed by atoms with Crippen LogP contribution in [-0.2, 0) is 9.59 Å². The van der Waals surface area contributed by atoms with Gasteiger partial charge in [-0.1, -0.05) is 12.2 Å². The van der Waals surface area contributed by atoms with E-state index >= 15 is 0 Å². The Labute approximate surface area is 141 Å². The molecule has 1 aliphatic carbocycles. The number of nitrogens with one attached hydrogen (secondary N) is 1. The molecule has 0 radical (unpaired) electrons. The van der Waals surface area contributed by atoms with Crippen LogP contribution in [-0.4, -0.2) is 22.0 Å². The fraction of sp³-hybridized carbons (Fsp3) is 0.235. The third-order valence-corrected chi connectivity index (χ3v) is 4.72. The van der Waals surface area contributed by atoms with E-state index in [4.69, 9.17) is 0 Å². The molecule has 7 heteroatoms. The highest BCUT2D eigenvalue weighted by atomic mass is 32.1. The van der Waals surface area contributed by atoms with Crippen molar-refractivity contribution in [2.45, 2.75) is 12.8 Å². The van der Waals surface area contributed by atoms with Crippen LogP contribution in [0.5, 0.6) is 0 Å². The number of allylic oxidation sites excluding steroid dienone is 2.